The second kappa shape index (κ2) is 6.37. The van der Waals surface area contributed by atoms with Crippen molar-refractivity contribution in [3.05, 3.63) is 35.6 Å². The largest absolute Gasteiger partial charge is 0.341 e. The molecule has 0 radical (unpaired) electrons. The van der Waals surface area contributed by atoms with Crippen molar-refractivity contribution >= 4 is 5.91 Å². The maximum absolute atomic E-state index is 13.7. The summed E-state index contributed by atoms with van der Waals surface area (Å²) in [4.78, 5) is 17.6. The van der Waals surface area contributed by atoms with Crippen molar-refractivity contribution in [3.63, 3.8) is 0 Å². The number of nitrogens with zero attached hydrogens (tertiary/aromatic N) is 2. The summed E-state index contributed by atoms with van der Waals surface area (Å²) in [7, 11) is 2.10. The van der Waals surface area contributed by atoms with E-state index in [-0.39, 0.29) is 11.7 Å². The quantitative estimate of drug-likeness (QED) is 0.839. The van der Waals surface area contributed by atoms with E-state index in [1.165, 1.54) is 6.07 Å². The number of rotatable bonds is 2. The summed E-state index contributed by atoms with van der Waals surface area (Å²) < 4.78 is 13.7. The van der Waals surface area contributed by atoms with Crippen molar-refractivity contribution in [3.8, 4) is 0 Å². The summed E-state index contributed by atoms with van der Waals surface area (Å²) in [6.45, 7) is 3.56. The van der Waals surface area contributed by atoms with Crippen molar-refractivity contribution in [2.45, 2.75) is 37.5 Å². The minimum Gasteiger partial charge on any atom is -0.341 e. The fourth-order valence-corrected chi connectivity index (χ4v) is 3.94. The summed E-state index contributed by atoms with van der Waals surface area (Å²) >= 11 is 0. The van der Waals surface area contributed by atoms with Gasteiger partial charge >= 0.3 is 0 Å². The van der Waals surface area contributed by atoms with Gasteiger partial charge in [-0.05, 0) is 50.6 Å². The highest BCUT2D eigenvalue weighted by molar-refractivity contribution is 5.88. The van der Waals surface area contributed by atoms with Crippen LogP contribution in [0.3, 0.4) is 0 Å². The normalized spacial score (nSPS) is 22.5. The van der Waals surface area contributed by atoms with E-state index in [1.807, 2.05) is 11.0 Å². The molecule has 0 bridgehead atoms. The molecule has 1 amide bonds. The molecule has 2 aliphatic rings. The molecule has 1 saturated carbocycles. The Morgan fingerprint density at radius 3 is 2.59 bits per heavy atom. The van der Waals surface area contributed by atoms with Gasteiger partial charge in [0, 0.05) is 19.6 Å². The number of hydrogen-bond acceptors (Lipinski definition) is 2. The van der Waals surface area contributed by atoms with Gasteiger partial charge in [-0.1, -0.05) is 25.0 Å². The SMILES string of the molecule is CN1CCCN(C(=O)C2(c3cccc(F)c3)CCCC2)CC1. The summed E-state index contributed by atoms with van der Waals surface area (Å²) in [5, 5.41) is 0. The molecular formula is C18H25FN2O. The fraction of sp³-hybridized carbons (Fsp3) is 0.611. The summed E-state index contributed by atoms with van der Waals surface area (Å²) in [6.07, 6.45) is 4.82. The predicted molar refractivity (Wildman–Crippen MR) is 85.2 cm³/mol. The van der Waals surface area contributed by atoms with Crippen LogP contribution in [0, 0.1) is 5.82 Å². The third kappa shape index (κ3) is 2.89. The van der Waals surface area contributed by atoms with Gasteiger partial charge < -0.3 is 9.80 Å². The molecule has 3 nitrogen and oxygen atoms in total. The minimum absolute atomic E-state index is 0.214. The molecule has 0 unspecified atom stereocenters. The molecule has 1 aromatic carbocycles. The topological polar surface area (TPSA) is 23.6 Å². The maximum atomic E-state index is 13.7. The smallest absolute Gasteiger partial charge is 0.233 e. The Morgan fingerprint density at radius 1 is 1.09 bits per heavy atom. The number of likely N-dealkylation sites (N-methyl/N-ethyl adjacent to an activating group) is 1. The molecular weight excluding hydrogens is 279 g/mol. The van der Waals surface area contributed by atoms with Crippen LogP contribution in [0.4, 0.5) is 4.39 Å². The molecule has 4 heteroatoms. The minimum atomic E-state index is -0.495. The van der Waals surface area contributed by atoms with Gasteiger partial charge in [0.15, 0.2) is 0 Å². The van der Waals surface area contributed by atoms with Crippen molar-refractivity contribution in [2.24, 2.45) is 0 Å². The number of hydrogen-bond donors (Lipinski definition) is 0. The first-order valence-corrected chi connectivity index (χ1v) is 8.36. The average molecular weight is 304 g/mol. The number of carbonyl (C=O) groups is 1. The fourth-order valence-electron chi connectivity index (χ4n) is 3.94. The highest BCUT2D eigenvalue weighted by Gasteiger charge is 2.45. The van der Waals surface area contributed by atoms with E-state index in [0.717, 1.165) is 63.8 Å². The molecule has 1 aliphatic carbocycles. The van der Waals surface area contributed by atoms with E-state index in [4.69, 9.17) is 0 Å². The van der Waals surface area contributed by atoms with Crippen LogP contribution in [-0.4, -0.2) is 48.9 Å². The van der Waals surface area contributed by atoms with Gasteiger partial charge in [-0.3, -0.25) is 4.79 Å². The van der Waals surface area contributed by atoms with Crippen molar-refractivity contribution in [1.82, 2.24) is 9.80 Å². The molecule has 0 N–H and O–H groups in total. The number of amides is 1. The molecule has 0 spiro atoms. The highest BCUT2D eigenvalue weighted by Crippen LogP contribution is 2.43. The van der Waals surface area contributed by atoms with Gasteiger partial charge in [0.2, 0.25) is 5.91 Å². The van der Waals surface area contributed by atoms with Crippen LogP contribution in [-0.2, 0) is 10.2 Å². The van der Waals surface area contributed by atoms with Crippen LogP contribution in [0.15, 0.2) is 24.3 Å². The van der Waals surface area contributed by atoms with Gasteiger partial charge in [-0.2, -0.15) is 0 Å². The Kier molecular flexibility index (Phi) is 4.48. The van der Waals surface area contributed by atoms with Crippen LogP contribution in [0.1, 0.15) is 37.7 Å². The molecule has 0 atom stereocenters. The summed E-state index contributed by atoms with van der Waals surface area (Å²) in [5.41, 5.74) is 0.373. The lowest BCUT2D eigenvalue weighted by Crippen LogP contribution is -2.46. The average Bonchev–Trinajstić information content (AvgIpc) is 2.91. The highest BCUT2D eigenvalue weighted by atomic mass is 19.1. The lowest BCUT2D eigenvalue weighted by molar-refractivity contribution is -0.137. The van der Waals surface area contributed by atoms with Crippen LogP contribution in [0.2, 0.25) is 0 Å². The lowest BCUT2D eigenvalue weighted by Gasteiger charge is -2.34. The van der Waals surface area contributed by atoms with Crippen molar-refractivity contribution in [1.29, 1.82) is 0 Å². The Bertz CT molecular complexity index is 540. The second-order valence-electron chi connectivity index (χ2n) is 6.75. The zero-order valence-electron chi connectivity index (χ0n) is 13.4. The van der Waals surface area contributed by atoms with Gasteiger partial charge in [-0.25, -0.2) is 4.39 Å². The summed E-state index contributed by atoms with van der Waals surface area (Å²) in [6, 6.07) is 6.68. The molecule has 1 saturated heterocycles. The van der Waals surface area contributed by atoms with Gasteiger partial charge in [-0.15, -0.1) is 0 Å². The first-order chi connectivity index (χ1) is 10.6. The second-order valence-corrected chi connectivity index (χ2v) is 6.75. The number of benzene rings is 1. The van der Waals surface area contributed by atoms with E-state index < -0.39 is 5.41 Å². The molecule has 22 heavy (non-hydrogen) atoms. The zero-order valence-corrected chi connectivity index (χ0v) is 13.4. The zero-order chi connectivity index (χ0) is 15.6. The first kappa shape index (κ1) is 15.5. The van der Waals surface area contributed by atoms with Crippen LogP contribution < -0.4 is 0 Å². The van der Waals surface area contributed by atoms with Crippen molar-refractivity contribution in [2.75, 3.05) is 33.2 Å². The van der Waals surface area contributed by atoms with E-state index in [1.54, 1.807) is 12.1 Å². The summed E-state index contributed by atoms with van der Waals surface area (Å²) in [5.74, 6) is -0.0296. The molecule has 1 aromatic rings. The Labute approximate surface area is 132 Å². The molecule has 120 valence electrons. The van der Waals surface area contributed by atoms with Gasteiger partial charge in [0.05, 0.1) is 5.41 Å². The van der Waals surface area contributed by atoms with Gasteiger partial charge in [0.25, 0.3) is 0 Å². The standard InChI is InChI=1S/C18H25FN2O/c1-20-10-5-11-21(13-12-20)17(22)18(8-2-3-9-18)15-6-4-7-16(19)14-15/h4,6-7,14H,2-3,5,8-13H2,1H3. The molecule has 0 aromatic heterocycles. The predicted octanol–water partition coefficient (Wildman–Crippen LogP) is 2.80. The number of carbonyl (C=O) groups excluding carboxylic acids is 1. The third-order valence-corrected chi connectivity index (χ3v) is 5.25. The Balaban J connectivity index is 1.88. The van der Waals surface area contributed by atoms with E-state index in [2.05, 4.69) is 11.9 Å². The van der Waals surface area contributed by atoms with E-state index in [0.29, 0.717) is 0 Å². The Hall–Kier alpha value is -1.42. The van der Waals surface area contributed by atoms with Crippen molar-refractivity contribution < 1.29 is 9.18 Å². The van der Waals surface area contributed by atoms with E-state index >= 15 is 0 Å². The number of halogens is 1. The molecule has 1 heterocycles. The van der Waals surface area contributed by atoms with E-state index in [9.17, 15) is 9.18 Å². The van der Waals surface area contributed by atoms with Crippen LogP contribution in [0.5, 0.6) is 0 Å². The molecule has 1 aliphatic heterocycles. The first-order valence-electron chi connectivity index (χ1n) is 8.36. The third-order valence-electron chi connectivity index (χ3n) is 5.25. The van der Waals surface area contributed by atoms with Crippen LogP contribution in [0.25, 0.3) is 0 Å². The Morgan fingerprint density at radius 2 is 1.86 bits per heavy atom. The molecule has 3 rings (SSSR count). The van der Waals surface area contributed by atoms with Crippen LogP contribution >= 0.6 is 0 Å². The monoisotopic (exact) mass is 304 g/mol. The lowest BCUT2D eigenvalue weighted by atomic mass is 9.77. The maximum Gasteiger partial charge on any atom is 0.233 e. The van der Waals surface area contributed by atoms with Gasteiger partial charge in [0.1, 0.15) is 5.82 Å². The molecule has 2 fully saturated rings.